The van der Waals surface area contributed by atoms with E-state index in [1.54, 1.807) is 4.68 Å². The van der Waals surface area contributed by atoms with Crippen molar-refractivity contribution >= 4 is 0 Å². The van der Waals surface area contributed by atoms with E-state index in [4.69, 9.17) is 10.5 Å². The largest absolute Gasteiger partial charge is 0.381 e. The van der Waals surface area contributed by atoms with Gasteiger partial charge in [-0.15, -0.1) is 5.10 Å². The fraction of sp³-hybridized carbons (Fsp3) is 0.800. The van der Waals surface area contributed by atoms with E-state index < -0.39 is 0 Å². The summed E-state index contributed by atoms with van der Waals surface area (Å²) in [6, 6.07) is 0. The number of ether oxygens (including phenoxy) is 1. The molecule has 0 aliphatic carbocycles. The maximum Gasteiger partial charge on any atom is 0.0845 e. The zero-order chi connectivity index (χ0) is 10.7. The SMILES string of the molecule is Cn1cc(CC2(N)CCCOCC2)nn1. The molecule has 1 aliphatic rings. The van der Waals surface area contributed by atoms with Crippen molar-refractivity contribution < 1.29 is 4.74 Å². The average molecular weight is 210 g/mol. The lowest BCUT2D eigenvalue weighted by atomic mass is 9.87. The number of rotatable bonds is 2. The van der Waals surface area contributed by atoms with Crippen molar-refractivity contribution in [2.75, 3.05) is 13.2 Å². The van der Waals surface area contributed by atoms with E-state index in [1.807, 2.05) is 13.2 Å². The van der Waals surface area contributed by atoms with Crippen molar-refractivity contribution in [1.29, 1.82) is 0 Å². The summed E-state index contributed by atoms with van der Waals surface area (Å²) in [7, 11) is 1.87. The van der Waals surface area contributed by atoms with Crippen LogP contribution in [0.3, 0.4) is 0 Å². The smallest absolute Gasteiger partial charge is 0.0845 e. The lowest BCUT2D eigenvalue weighted by molar-refractivity contribution is 0.139. The second kappa shape index (κ2) is 4.28. The van der Waals surface area contributed by atoms with Gasteiger partial charge in [0.1, 0.15) is 0 Å². The summed E-state index contributed by atoms with van der Waals surface area (Å²) in [4.78, 5) is 0. The second-order valence-electron chi connectivity index (χ2n) is 4.39. The maximum absolute atomic E-state index is 6.34. The number of hydrogen-bond acceptors (Lipinski definition) is 4. The molecule has 1 aliphatic heterocycles. The molecule has 0 amide bonds. The number of aryl methyl sites for hydroxylation is 1. The minimum atomic E-state index is -0.160. The number of hydrogen-bond donors (Lipinski definition) is 1. The molecule has 2 N–H and O–H groups in total. The fourth-order valence-corrected chi connectivity index (χ4v) is 2.04. The lowest BCUT2D eigenvalue weighted by Gasteiger charge is -2.26. The van der Waals surface area contributed by atoms with Gasteiger partial charge < -0.3 is 10.5 Å². The molecule has 0 spiro atoms. The van der Waals surface area contributed by atoms with E-state index in [-0.39, 0.29) is 5.54 Å². The van der Waals surface area contributed by atoms with Gasteiger partial charge in [0.05, 0.1) is 5.69 Å². The first-order valence-electron chi connectivity index (χ1n) is 5.40. The highest BCUT2D eigenvalue weighted by atomic mass is 16.5. The molecule has 1 aromatic rings. The quantitative estimate of drug-likeness (QED) is 0.760. The average Bonchev–Trinajstić information content (AvgIpc) is 2.46. The Labute approximate surface area is 89.6 Å². The third kappa shape index (κ3) is 2.76. The molecule has 5 heteroatoms. The predicted octanol–water partition coefficient (Wildman–Crippen LogP) is 0.256. The minimum absolute atomic E-state index is 0.160. The van der Waals surface area contributed by atoms with Crippen LogP contribution in [0.4, 0.5) is 0 Å². The Morgan fingerprint density at radius 1 is 1.53 bits per heavy atom. The van der Waals surface area contributed by atoms with Crippen molar-refractivity contribution in [3.63, 3.8) is 0 Å². The van der Waals surface area contributed by atoms with Gasteiger partial charge in [-0.2, -0.15) is 0 Å². The van der Waals surface area contributed by atoms with E-state index in [9.17, 15) is 0 Å². The predicted molar refractivity (Wildman–Crippen MR) is 56.3 cm³/mol. The fourth-order valence-electron chi connectivity index (χ4n) is 2.04. The zero-order valence-corrected chi connectivity index (χ0v) is 9.15. The normalized spacial score (nSPS) is 27.6. The van der Waals surface area contributed by atoms with Crippen LogP contribution in [0.1, 0.15) is 25.0 Å². The molecule has 1 atom stereocenters. The van der Waals surface area contributed by atoms with Gasteiger partial charge in [0.2, 0.25) is 0 Å². The Hall–Kier alpha value is -0.940. The minimum Gasteiger partial charge on any atom is -0.381 e. The molecule has 1 fully saturated rings. The van der Waals surface area contributed by atoms with Crippen LogP contribution < -0.4 is 5.73 Å². The van der Waals surface area contributed by atoms with E-state index >= 15 is 0 Å². The number of aromatic nitrogens is 3. The Kier molecular flexibility index (Phi) is 3.02. The van der Waals surface area contributed by atoms with Crippen molar-refractivity contribution in [2.24, 2.45) is 12.8 Å². The molecule has 0 saturated carbocycles. The Balaban J connectivity index is 2.02. The summed E-state index contributed by atoms with van der Waals surface area (Å²) in [5, 5.41) is 7.99. The van der Waals surface area contributed by atoms with Gasteiger partial charge in [-0.1, -0.05) is 5.21 Å². The van der Waals surface area contributed by atoms with Crippen molar-refractivity contribution in [3.05, 3.63) is 11.9 Å². The summed E-state index contributed by atoms with van der Waals surface area (Å²) in [5.74, 6) is 0. The van der Waals surface area contributed by atoms with E-state index in [2.05, 4.69) is 10.3 Å². The standard InChI is InChI=1S/C10H18N4O/c1-14-8-9(12-13-14)7-10(11)3-2-5-15-6-4-10/h8H,2-7,11H2,1H3. The van der Waals surface area contributed by atoms with E-state index in [0.717, 1.165) is 44.6 Å². The summed E-state index contributed by atoms with van der Waals surface area (Å²) in [5.41, 5.74) is 7.16. The highest BCUT2D eigenvalue weighted by Gasteiger charge is 2.27. The Bertz CT molecular complexity index is 315. The molecule has 15 heavy (non-hydrogen) atoms. The van der Waals surface area contributed by atoms with Gasteiger partial charge in [0.15, 0.2) is 0 Å². The van der Waals surface area contributed by atoms with Crippen LogP contribution in [0.15, 0.2) is 6.20 Å². The molecular formula is C10H18N4O. The Morgan fingerprint density at radius 3 is 3.13 bits per heavy atom. The summed E-state index contributed by atoms with van der Waals surface area (Å²) in [6.07, 6.45) is 5.68. The van der Waals surface area contributed by atoms with Gasteiger partial charge in [-0.05, 0) is 19.3 Å². The summed E-state index contributed by atoms with van der Waals surface area (Å²) < 4.78 is 7.13. The first kappa shape index (κ1) is 10.6. The molecule has 0 bridgehead atoms. The number of nitrogens with zero attached hydrogens (tertiary/aromatic N) is 3. The lowest BCUT2D eigenvalue weighted by Crippen LogP contribution is -2.42. The van der Waals surface area contributed by atoms with Crippen LogP contribution in [0.5, 0.6) is 0 Å². The third-order valence-corrected chi connectivity index (χ3v) is 2.89. The topological polar surface area (TPSA) is 66.0 Å². The van der Waals surface area contributed by atoms with E-state index in [1.165, 1.54) is 0 Å². The molecule has 84 valence electrons. The van der Waals surface area contributed by atoms with Gasteiger partial charge >= 0.3 is 0 Å². The first-order valence-corrected chi connectivity index (χ1v) is 5.40. The first-order chi connectivity index (χ1) is 7.18. The van der Waals surface area contributed by atoms with Crippen LogP contribution in [-0.2, 0) is 18.2 Å². The highest BCUT2D eigenvalue weighted by molar-refractivity contribution is 5.02. The van der Waals surface area contributed by atoms with Crippen molar-refractivity contribution in [1.82, 2.24) is 15.0 Å². The van der Waals surface area contributed by atoms with E-state index in [0.29, 0.717) is 0 Å². The Morgan fingerprint density at radius 2 is 2.40 bits per heavy atom. The van der Waals surface area contributed by atoms with Crippen LogP contribution in [0.25, 0.3) is 0 Å². The molecule has 1 aromatic heterocycles. The van der Waals surface area contributed by atoms with Gasteiger partial charge in [0, 0.05) is 38.4 Å². The maximum atomic E-state index is 6.34. The van der Waals surface area contributed by atoms with Crippen molar-refractivity contribution in [2.45, 2.75) is 31.2 Å². The van der Waals surface area contributed by atoms with Crippen LogP contribution in [0, 0.1) is 0 Å². The van der Waals surface area contributed by atoms with Gasteiger partial charge in [-0.3, -0.25) is 4.68 Å². The molecular weight excluding hydrogens is 192 g/mol. The zero-order valence-electron chi connectivity index (χ0n) is 9.15. The van der Waals surface area contributed by atoms with Crippen LogP contribution in [-0.4, -0.2) is 33.7 Å². The van der Waals surface area contributed by atoms with Gasteiger partial charge in [0.25, 0.3) is 0 Å². The molecule has 2 rings (SSSR count). The molecule has 1 unspecified atom stereocenters. The second-order valence-corrected chi connectivity index (χ2v) is 4.39. The molecule has 0 aromatic carbocycles. The highest BCUT2D eigenvalue weighted by Crippen LogP contribution is 2.22. The van der Waals surface area contributed by atoms with Crippen molar-refractivity contribution in [3.8, 4) is 0 Å². The third-order valence-electron chi connectivity index (χ3n) is 2.89. The van der Waals surface area contributed by atoms with Crippen LogP contribution in [0.2, 0.25) is 0 Å². The molecule has 5 nitrogen and oxygen atoms in total. The summed E-state index contributed by atoms with van der Waals surface area (Å²) >= 11 is 0. The summed E-state index contributed by atoms with van der Waals surface area (Å²) in [6.45, 7) is 1.59. The number of nitrogens with two attached hydrogens (primary N) is 1. The van der Waals surface area contributed by atoms with Crippen LogP contribution >= 0.6 is 0 Å². The van der Waals surface area contributed by atoms with Gasteiger partial charge in [-0.25, -0.2) is 0 Å². The molecule has 1 saturated heterocycles. The monoisotopic (exact) mass is 210 g/mol. The molecule has 0 radical (unpaired) electrons. The molecule has 2 heterocycles.